The molecule has 0 spiro atoms. The lowest BCUT2D eigenvalue weighted by Crippen LogP contribution is -2.27. The van der Waals surface area contributed by atoms with Gasteiger partial charge in [0.05, 0.1) is 12.7 Å². The summed E-state index contributed by atoms with van der Waals surface area (Å²) < 4.78 is 10.9. The molecular formula is C13H14O4. The number of aromatic carboxylic acids is 1. The van der Waals surface area contributed by atoms with E-state index in [9.17, 15) is 4.79 Å². The van der Waals surface area contributed by atoms with Gasteiger partial charge in [-0.25, -0.2) is 4.79 Å². The van der Waals surface area contributed by atoms with Crippen molar-refractivity contribution in [1.29, 1.82) is 0 Å². The topological polar surface area (TPSA) is 55.8 Å². The summed E-state index contributed by atoms with van der Waals surface area (Å²) in [5.41, 5.74) is 0.425. The van der Waals surface area contributed by atoms with Gasteiger partial charge in [0, 0.05) is 0 Å². The van der Waals surface area contributed by atoms with Crippen LogP contribution < -0.4 is 9.47 Å². The van der Waals surface area contributed by atoms with Crippen LogP contribution in [0.2, 0.25) is 0 Å². The van der Waals surface area contributed by atoms with Crippen molar-refractivity contribution in [2.75, 3.05) is 7.11 Å². The first kappa shape index (κ1) is 11.5. The second kappa shape index (κ2) is 3.80. The van der Waals surface area contributed by atoms with Crippen LogP contribution in [-0.4, -0.2) is 23.8 Å². The minimum absolute atomic E-state index is 0.138. The Kier molecular flexibility index (Phi) is 2.58. The van der Waals surface area contributed by atoms with Gasteiger partial charge in [-0.15, -0.1) is 0 Å². The number of ether oxygens (including phenoxy) is 2. The molecule has 17 heavy (non-hydrogen) atoms. The molecule has 0 atom stereocenters. The SMILES string of the molecule is COc1c(C(=O)O)ccc2c1C=CC(C)(C)O2. The average molecular weight is 234 g/mol. The number of carboxylic acid groups (broad SMARTS) is 1. The van der Waals surface area contributed by atoms with Crippen LogP contribution in [0.4, 0.5) is 0 Å². The van der Waals surface area contributed by atoms with E-state index in [1.807, 2.05) is 26.0 Å². The molecule has 1 aromatic carbocycles. The van der Waals surface area contributed by atoms with E-state index in [4.69, 9.17) is 14.6 Å². The molecule has 0 aliphatic carbocycles. The minimum Gasteiger partial charge on any atom is -0.495 e. The largest absolute Gasteiger partial charge is 0.495 e. The van der Waals surface area contributed by atoms with Crippen molar-refractivity contribution < 1.29 is 19.4 Å². The first-order valence-electron chi connectivity index (χ1n) is 5.27. The zero-order valence-electron chi connectivity index (χ0n) is 9.98. The molecule has 0 aromatic heterocycles. The second-order valence-corrected chi connectivity index (χ2v) is 4.40. The highest BCUT2D eigenvalue weighted by Gasteiger charge is 2.26. The minimum atomic E-state index is -1.01. The molecule has 0 unspecified atom stereocenters. The fourth-order valence-corrected chi connectivity index (χ4v) is 1.82. The molecule has 0 saturated carbocycles. The Morgan fingerprint density at radius 3 is 2.71 bits per heavy atom. The molecule has 2 rings (SSSR count). The van der Waals surface area contributed by atoms with Gasteiger partial charge in [-0.1, -0.05) is 0 Å². The molecule has 90 valence electrons. The summed E-state index contributed by atoms with van der Waals surface area (Å²) in [5.74, 6) is -0.0380. The maximum atomic E-state index is 11.0. The summed E-state index contributed by atoms with van der Waals surface area (Å²) in [7, 11) is 1.45. The van der Waals surface area contributed by atoms with Gasteiger partial charge in [0.1, 0.15) is 22.7 Å². The van der Waals surface area contributed by atoms with Crippen molar-refractivity contribution in [2.24, 2.45) is 0 Å². The molecule has 1 N–H and O–H groups in total. The molecule has 1 aliphatic rings. The van der Waals surface area contributed by atoms with Crippen molar-refractivity contribution in [3.63, 3.8) is 0 Å². The van der Waals surface area contributed by atoms with Gasteiger partial charge in [-0.2, -0.15) is 0 Å². The summed E-state index contributed by atoms with van der Waals surface area (Å²) in [6, 6.07) is 3.15. The highest BCUT2D eigenvalue weighted by Crippen LogP contribution is 2.38. The normalized spacial score (nSPS) is 15.9. The number of benzene rings is 1. The van der Waals surface area contributed by atoms with Gasteiger partial charge < -0.3 is 14.6 Å². The number of fused-ring (bicyclic) bond motifs is 1. The van der Waals surface area contributed by atoms with Crippen LogP contribution in [0.25, 0.3) is 6.08 Å². The molecule has 0 bridgehead atoms. The lowest BCUT2D eigenvalue weighted by molar-refractivity contribution is 0.0693. The molecule has 0 amide bonds. The first-order valence-corrected chi connectivity index (χ1v) is 5.27. The maximum Gasteiger partial charge on any atom is 0.339 e. The fraction of sp³-hybridized carbons (Fsp3) is 0.308. The van der Waals surface area contributed by atoms with Crippen LogP contribution in [0.15, 0.2) is 18.2 Å². The smallest absolute Gasteiger partial charge is 0.339 e. The Morgan fingerprint density at radius 2 is 2.12 bits per heavy atom. The lowest BCUT2D eigenvalue weighted by Gasteiger charge is -2.28. The third-order valence-electron chi connectivity index (χ3n) is 2.61. The number of methoxy groups -OCH3 is 1. The zero-order chi connectivity index (χ0) is 12.6. The Balaban J connectivity index is 2.60. The lowest BCUT2D eigenvalue weighted by atomic mass is 9.99. The van der Waals surface area contributed by atoms with E-state index in [0.717, 1.165) is 0 Å². The maximum absolute atomic E-state index is 11.0. The fourth-order valence-electron chi connectivity index (χ4n) is 1.82. The average Bonchev–Trinajstić information content (AvgIpc) is 2.25. The molecule has 1 aliphatic heterocycles. The van der Waals surface area contributed by atoms with E-state index >= 15 is 0 Å². The van der Waals surface area contributed by atoms with E-state index in [2.05, 4.69) is 0 Å². The predicted octanol–water partition coefficient (Wildman–Crippen LogP) is 2.58. The van der Waals surface area contributed by atoms with Gasteiger partial charge in [0.25, 0.3) is 0 Å². The van der Waals surface area contributed by atoms with E-state index in [1.54, 1.807) is 6.07 Å². The van der Waals surface area contributed by atoms with E-state index in [-0.39, 0.29) is 11.2 Å². The van der Waals surface area contributed by atoms with Crippen molar-refractivity contribution in [2.45, 2.75) is 19.4 Å². The number of hydrogen-bond donors (Lipinski definition) is 1. The van der Waals surface area contributed by atoms with E-state index < -0.39 is 5.97 Å². The Hall–Kier alpha value is -1.97. The Morgan fingerprint density at radius 1 is 1.41 bits per heavy atom. The van der Waals surface area contributed by atoms with Crippen molar-refractivity contribution in [3.05, 3.63) is 29.3 Å². The standard InChI is InChI=1S/C13H14O4/c1-13(2)7-6-8-10(17-13)5-4-9(12(14)15)11(8)16-3/h4-7H,1-3H3,(H,14,15). The van der Waals surface area contributed by atoms with E-state index in [1.165, 1.54) is 13.2 Å². The van der Waals surface area contributed by atoms with Crippen LogP contribution in [0.5, 0.6) is 11.5 Å². The Labute approximate surface area is 99.5 Å². The molecule has 0 saturated heterocycles. The highest BCUT2D eigenvalue weighted by atomic mass is 16.5. The highest BCUT2D eigenvalue weighted by molar-refractivity contribution is 5.93. The van der Waals surface area contributed by atoms with Gasteiger partial charge in [-0.05, 0) is 38.1 Å². The molecule has 0 fully saturated rings. The van der Waals surface area contributed by atoms with Crippen LogP contribution in [0, 0.1) is 0 Å². The predicted molar refractivity (Wildman–Crippen MR) is 63.7 cm³/mol. The molecule has 4 nitrogen and oxygen atoms in total. The van der Waals surface area contributed by atoms with Crippen LogP contribution in [0.3, 0.4) is 0 Å². The van der Waals surface area contributed by atoms with E-state index in [0.29, 0.717) is 17.1 Å². The van der Waals surface area contributed by atoms with Crippen molar-refractivity contribution in [3.8, 4) is 11.5 Å². The summed E-state index contributed by atoms with van der Waals surface area (Å²) in [6.45, 7) is 3.87. The molecule has 4 heteroatoms. The summed E-state index contributed by atoms with van der Waals surface area (Å²) in [5, 5.41) is 9.06. The monoisotopic (exact) mass is 234 g/mol. The third-order valence-corrected chi connectivity index (χ3v) is 2.61. The van der Waals surface area contributed by atoms with Gasteiger partial charge in [0.15, 0.2) is 0 Å². The number of hydrogen-bond acceptors (Lipinski definition) is 3. The van der Waals surface area contributed by atoms with Crippen LogP contribution in [0.1, 0.15) is 29.8 Å². The number of carbonyl (C=O) groups is 1. The van der Waals surface area contributed by atoms with Crippen molar-refractivity contribution in [1.82, 2.24) is 0 Å². The zero-order valence-corrected chi connectivity index (χ0v) is 9.98. The van der Waals surface area contributed by atoms with Gasteiger partial charge in [0.2, 0.25) is 0 Å². The van der Waals surface area contributed by atoms with Gasteiger partial charge in [-0.3, -0.25) is 0 Å². The second-order valence-electron chi connectivity index (χ2n) is 4.40. The third kappa shape index (κ3) is 1.98. The summed E-state index contributed by atoms with van der Waals surface area (Å²) >= 11 is 0. The summed E-state index contributed by atoms with van der Waals surface area (Å²) in [4.78, 5) is 11.0. The molecule has 1 heterocycles. The van der Waals surface area contributed by atoms with Gasteiger partial charge >= 0.3 is 5.97 Å². The number of carboxylic acids is 1. The molecule has 0 radical (unpaired) electrons. The summed E-state index contributed by atoms with van der Waals surface area (Å²) in [6.07, 6.45) is 3.72. The van der Waals surface area contributed by atoms with Crippen molar-refractivity contribution >= 4 is 12.0 Å². The quantitative estimate of drug-likeness (QED) is 0.854. The van der Waals surface area contributed by atoms with Crippen LogP contribution in [-0.2, 0) is 0 Å². The Bertz CT molecular complexity index is 500. The van der Waals surface area contributed by atoms with Crippen LogP contribution >= 0.6 is 0 Å². The molecular weight excluding hydrogens is 220 g/mol. The number of rotatable bonds is 2. The molecule has 1 aromatic rings. The first-order chi connectivity index (χ1) is 7.94.